The Kier molecular flexibility index (Phi) is 5.04. The first-order valence-corrected chi connectivity index (χ1v) is 7.83. The molecule has 3 nitrogen and oxygen atoms in total. The molecule has 2 aromatic rings. The van der Waals surface area contributed by atoms with Crippen molar-refractivity contribution in [1.82, 2.24) is 4.98 Å². The number of rotatable bonds is 5. The molecule has 0 aliphatic carbocycles. The van der Waals surface area contributed by atoms with Gasteiger partial charge in [-0.15, -0.1) is 11.8 Å². The van der Waals surface area contributed by atoms with E-state index in [1.807, 2.05) is 19.9 Å². The number of ether oxygens (including phenoxy) is 1. The zero-order valence-electron chi connectivity index (χ0n) is 12.0. The van der Waals surface area contributed by atoms with E-state index in [0.717, 1.165) is 16.9 Å². The topological polar surface area (TPSA) is 48.1 Å². The average Bonchev–Trinajstić information content (AvgIpc) is 2.46. The lowest BCUT2D eigenvalue weighted by Gasteiger charge is -2.15. The molecule has 0 bridgehead atoms. The number of thioether (sulfide) groups is 1. The summed E-state index contributed by atoms with van der Waals surface area (Å²) in [5.41, 5.74) is 8.34. The van der Waals surface area contributed by atoms with Crippen molar-refractivity contribution in [3.05, 3.63) is 53.9 Å². The van der Waals surface area contributed by atoms with Gasteiger partial charge in [0.15, 0.2) is 0 Å². The number of nitrogens with zero attached hydrogens (tertiary/aromatic N) is 1. The summed E-state index contributed by atoms with van der Waals surface area (Å²) in [6, 6.07) is 10.1. The molecular weight excluding hydrogens is 268 g/mol. The van der Waals surface area contributed by atoms with E-state index >= 15 is 0 Å². The Balaban J connectivity index is 2.20. The molecule has 1 heterocycles. The van der Waals surface area contributed by atoms with Gasteiger partial charge in [0.25, 0.3) is 0 Å². The lowest BCUT2D eigenvalue weighted by atomic mass is 10.0. The van der Waals surface area contributed by atoms with Gasteiger partial charge in [0.1, 0.15) is 5.75 Å². The summed E-state index contributed by atoms with van der Waals surface area (Å²) in [4.78, 5) is 5.44. The molecule has 0 saturated carbocycles. The van der Waals surface area contributed by atoms with Crippen LogP contribution in [0.2, 0.25) is 0 Å². The van der Waals surface area contributed by atoms with Crippen LogP contribution in [-0.2, 0) is 0 Å². The summed E-state index contributed by atoms with van der Waals surface area (Å²) in [6.07, 6.45) is 5.70. The Morgan fingerprint density at radius 2 is 1.80 bits per heavy atom. The second-order valence-corrected chi connectivity index (χ2v) is 5.75. The predicted molar refractivity (Wildman–Crippen MR) is 84.3 cm³/mol. The van der Waals surface area contributed by atoms with E-state index in [-0.39, 0.29) is 12.1 Å². The largest absolute Gasteiger partial charge is 0.489 e. The highest BCUT2D eigenvalue weighted by molar-refractivity contribution is 7.98. The molecule has 0 aliphatic heterocycles. The van der Waals surface area contributed by atoms with Crippen molar-refractivity contribution in [2.75, 3.05) is 6.26 Å². The Labute approximate surface area is 124 Å². The lowest BCUT2D eigenvalue weighted by Crippen LogP contribution is -2.13. The van der Waals surface area contributed by atoms with Crippen LogP contribution in [0.25, 0.3) is 0 Å². The van der Waals surface area contributed by atoms with Gasteiger partial charge in [-0.3, -0.25) is 4.98 Å². The van der Waals surface area contributed by atoms with Crippen LogP contribution in [0, 0.1) is 0 Å². The van der Waals surface area contributed by atoms with Crippen molar-refractivity contribution in [2.24, 2.45) is 5.73 Å². The smallest absolute Gasteiger partial charge is 0.138 e. The zero-order valence-corrected chi connectivity index (χ0v) is 12.9. The van der Waals surface area contributed by atoms with E-state index in [1.165, 1.54) is 4.90 Å². The molecule has 0 aliphatic rings. The lowest BCUT2D eigenvalue weighted by molar-refractivity contribution is 0.241. The SMILES string of the molecule is CSc1ccc(C(N)c2cncc(OC(C)C)c2)cc1. The number of hydrogen-bond acceptors (Lipinski definition) is 4. The molecular formula is C16H20N2OS. The first-order chi connectivity index (χ1) is 9.60. The van der Waals surface area contributed by atoms with Gasteiger partial charge in [-0.1, -0.05) is 12.1 Å². The van der Waals surface area contributed by atoms with E-state index in [9.17, 15) is 0 Å². The van der Waals surface area contributed by atoms with Crippen LogP contribution in [0.5, 0.6) is 5.75 Å². The Morgan fingerprint density at radius 3 is 2.40 bits per heavy atom. The van der Waals surface area contributed by atoms with E-state index < -0.39 is 0 Å². The third kappa shape index (κ3) is 3.74. The van der Waals surface area contributed by atoms with Gasteiger partial charge in [0.2, 0.25) is 0 Å². The first kappa shape index (κ1) is 14.9. The van der Waals surface area contributed by atoms with Gasteiger partial charge in [0.05, 0.1) is 18.3 Å². The van der Waals surface area contributed by atoms with Crippen molar-refractivity contribution in [3.8, 4) is 5.75 Å². The van der Waals surface area contributed by atoms with Crippen LogP contribution in [-0.4, -0.2) is 17.3 Å². The fourth-order valence-electron chi connectivity index (χ4n) is 1.95. The van der Waals surface area contributed by atoms with Gasteiger partial charge >= 0.3 is 0 Å². The molecule has 2 rings (SSSR count). The summed E-state index contributed by atoms with van der Waals surface area (Å²) in [7, 11) is 0. The molecule has 1 atom stereocenters. The minimum absolute atomic E-state index is 0.129. The maximum Gasteiger partial charge on any atom is 0.138 e. The standard InChI is InChI=1S/C16H20N2OS/c1-11(2)19-14-8-13(9-18-10-14)16(17)12-4-6-15(20-3)7-5-12/h4-11,16H,17H2,1-3H3. The molecule has 0 amide bonds. The van der Waals surface area contributed by atoms with Crippen LogP contribution in [0.1, 0.15) is 31.0 Å². The van der Waals surface area contributed by atoms with Crippen LogP contribution in [0.4, 0.5) is 0 Å². The van der Waals surface area contributed by atoms with E-state index in [1.54, 1.807) is 24.2 Å². The van der Waals surface area contributed by atoms with Gasteiger partial charge in [-0.2, -0.15) is 0 Å². The van der Waals surface area contributed by atoms with Gasteiger partial charge in [-0.25, -0.2) is 0 Å². The molecule has 0 fully saturated rings. The summed E-state index contributed by atoms with van der Waals surface area (Å²) < 4.78 is 5.66. The second-order valence-electron chi connectivity index (χ2n) is 4.87. The third-order valence-corrected chi connectivity index (χ3v) is 3.68. The normalized spacial score (nSPS) is 12.4. The van der Waals surface area contributed by atoms with Gasteiger partial charge in [-0.05, 0) is 49.4 Å². The van der Waals surface area contributed by atoms with Crippen molar-refractivity contribution in [1.29, 1.82) is 0 Å². The van der Waals surface area contributed by atoms with E-state index in [2.05, 4.69) is 35.5 Å². The molecule has 0 saturated heterocycles. The van der Waals surface area contributed by atoms with Crippen LogP contribution < -0.4 is 10.5 Å². The summed E-state index contributed by atoms with van der Waals surface area (Å²) >= 11 is 1.72. The molecule has 4 heteroatoms. The molecule has 1 unspecified atom stereocenters. The monoisotopic (exact) mass is 288 g/mol. The highest BCUT2D eigenvalue weighted by atomic mass is 32.2. The van der Waals surface area contributed by atoms with Crippen LogP contribution in [0.3, 0.4) is 0 Å². The quantitative estimate of drug-likeness (QED) is 0.853. The molecule has 1 aromatic carbocycles. The van der Waals surface area contributed by atoms with E-state index in [4.69, 9.17) is 10.5 Å². The number of pyridine rings is 1. The van der Waals surface area contributed by atoms with Crippen molar-refractivity contribution < 1.29 is 4.74 Å². The van der Waals surface area contributed by atoms with Crippen LogP contribution >= 0.6 is 11.8 Å². The fourth-order valence-corrected chi connectivity index (χ4v) is 2.35. The van der Waals surface area contributed by atoms with Crippen molar-refractivity contribution in [3.63, 3.8) is 0 Å². The average molecular weight is 288 g/mol. The summed E-state index contributed by atoms with van der Waals surface area (Å²) in [6.45, 7) is 3.99. The molecule has 1 aromatic heterocycles. The predicted octanol–water partition coefficient (Wildman–Crippen LogP) is 3.64. The minimum atomic E-state index is -0.186. The number of hydrogen-bond donors (Lipinski definition) is 1. The molecule has 2 N–H and O–H groups in total. The van der Waals surface area contributed by atoms with Gasteiger partial charge in [0, 0.05) is 11.1 Å². The number of nitrogens with two attached hydrogens (primary N) is 1. The highest BCUT2D eigenvalue weighted by Gasteiger charge is 2.11. The molecule has 0 spiro atoms. The van der Waals surface area contributed by atoms with E-state index in [0.29, 0.717) is 0 Å². The van der Waals surface area contributed by atoms with Gasteiger partial charge < -0.3 is 10.5 Å². The highest BCUT2D eigenvalue weighted by Crippen LogP contribution is 2.24. The Hall–Kier alpha value is -1.52. The Morgan fingerprint density at radius 1 is 1.10 bits per heavy atom. The molecule has 0 radical (unpaired) electrons. The first-order valence-electron chi connectivity index (χ1n) is 6.61. The Bertz CT molecular complexity index is 555. The zero-order chi connectivity index (χ0) is 14.5. The number of aromatic nitrogens is 1. The number of benzene rings is 1. The van der Waals surface area contributed by atoms with Crippen molar-refractivity contribution >= 4 is 11.8 Å². The van der Waals surface area contributed by atoms with Crippen molar-refractivity contribution in [2.45, 2.75) is 30.9 Å². The molecule has 20 heavy (non-hydrogen) atoms. The maximum absolute atomic E-state index is 6.31. The summed E-state index contributed by atoms with van der Waals surface area (Å²) in [5.74, 6) is 0.758. The van der Waals surface area contributed by atoms with Crippen LogP contribution in [0.15, 0.2) is 47.6 Å². The summed E-state index contributed by atoms with van der Waals surface area (Å²) in [5, 5.41) is 0. The third-order valence-electron chi connectivity index (χ3n) is 2.94. The maximum atomic E-state index is 6.31. The second kappa shape index (κ2) is 6.77. The molecule has 106 valence electrons. The minimum Gasteiger partial charge on any atom is -0.489 e. The fraction of sp³-hybridized carbons (Fsp3) is 0.312.